The Morgan fingerprint density at radius 3 is 2.45 bits per heavy atom. The summed E-state index contributed by atoms with van der Waals surface area (Å²) in [5, 5.41) is 6.59. The van der Waals surface area contributed by atoms with Gasteiger partial charge in [-0.1, -0.05) is 26.0 Å². The second-order valence-corrected chi connectivity index (χ2v) is 6.69. The Morgan fingerprint density at radius 1 is 1.30 bits per heavy atom. The minimum Gasteiger partial charge on any atom is -0.316 e. The lowest BCUT2D eigenvalue weighted by Gasteiger charge is -2.34. The van der Waals surface area contributed by atoms with Crippen molar-refractivity contribution in [2.24, 2.45) is 0 Å². The van der Waals surface area contributed by atoms with Gasteiger partial charge >= 0.3 is 0 Å². The molecule has 0 amide bonds. The van der Waals surface area contributed by atoms with Crippen molar-refractivity contribution in [2.45, 2.75) is 38.6 Å². The minimum atomic E-state index is -0.194. The van der Waals surface area contributed by atoms with Crippen LogP contribution in [-0.4, -0.2) is 18.1 Å². The Balaban J connectivity index is 2.22. The van der Waals surface area contributed by atoms with Crippen LogP contribution in [0, 0.1) is 12.7 Å². The zero-order chi connectivity index (χ0) is 14.8. The molecule has 1 unspecified atom stereocenters. The quantitative estimate of drug-likeness (QED) is 0.909. The molecule has 1 N–H and O–H groups in total. The first-order valence-corrected chi connectivity index (χ1v) is 7.65. The molecule has 0 saturated carbocycles. The first-order valence-electron chi connectivity index (χ1n) is 6.78. The Morgan fingerprint density at radius 2 is 1.95 bits per heavy atom. The standard InChI is InChI=1S/C16H21FN2S/c1-11-19-14(10-20-11)9-15(18-4)16(2,3)12-5-7-13(17)8-6-12/h5-8,10,15,18H,9H2,1-4H3. The Kier molecular flexibility index (Phi) is 4.55. The van der Waals surface area contributed by atoms with E-state index in [0.29, 0.717) is 0 Å². The van der Waals surface area contributed by atoms with Crippen molar-refractivity contribution in [1.82, 2.24) is 10.3 Å². The van der Waals surface area contributed by atoms with E-state index in [1.807, 2.05) is 26.1 Å². The lowest BCUT2D eigenvalue weighted by atomic mass is 9.76. The van der Waals surface area contributed by atoms with Crippen molar-refractivity contribution in [3.8, 4) is 0 Å². The van der Waals surface area contributed by atoms with E-state index in [1.165, 1.54) is 12.1 Å². The van der Waals surface area contributed by atoms with Gasteiger partial charge in [0.05, 0.1) is 10.7 Å². The van der Waals surface area contributed by atoms with Gasteiger partial charge in [0.1, 0.15) is 5.82 Å². The molecular formula is C16H21FN2S. The normalized spacial score (nSPS) is 13.4. The van der Waals surface area contributed by atoms with Gasteiger partial charge in [-0.3, -0.25) is 0 Å². The molecule has 1 aromatic heterocycles. The van der Waals surface area contributed by atoms with Crippen molar-refractivity contribution in [1.29, 1.82) is 0 Å². The third-order valence-electron chi connectivity index (χ3n) is 3.89. The number of thiazole rings is 1. The van der Waals surface area contributed by atoms with Gasteiger partial charge in [-0.2, -0.15) is 0 Å². The number of nitrogens with zero attached hydrogens (tertiary/aromatic N) is 1. The highest BCUT2D eigenvalue weighted by Crippen LogP contribution is 2.29. The molecule has 0 radical (unpaired) electrons. The molecule has 0 aliphatic rings. The zero-order valence-electron chi connectivity index (χ0n) is 12.4. The number of hydrogen-bond acceptors (Lipinski definition) is 3. The van der Waals surface area contributed by atoms with Gasteiger partial charge in [0.2, 0.25) is 0 Å². The maximum absolute atomic E-state index is 13.1. The highest BCUT2D eigenvalue weighted by Gasteiger charge is 2.30. The molecule has 0 saturated heterocycles. The molecule has 108 valence electrons. The summed E-state index contributed by atoms with van der Waals surface area (Å²) in [6, 6.07) is 7.03. The van der Waals surface area contributed by atoms with Crippen LogP contribution in [-0.2, 0) is 11.8 Å². The number of nitrogens with one attached hydrogen (secondary N) is 1. The Bertz CT molecular complexity index is 560. The largest absolute Gasteiger partial charge is 0.316 e. The van der Waals surface area contributed by atoms with Gasteiger partial charge in [0.25, 0.3) is 0 Å². The van der Waals surface area contributed by atoms with E-state index in [0.717, 1.165) is 22.7 Å². The summed E-state index contributed by atoms with van der Waals surface area (Å²) >= 11 is 1.68. The van der Waals surface area contributed by atoms with Gasteiger partial charge in [-0.05, 0) is 31.7 Å². The van der Waals surface area contributed by atoms with Crippen molar-refractivity contribution in [2.75, 3.05) is 7.05 Å². The summed E-state index contributed by atoms with van der Waals surface area (Å²) in [6.07, 6.45) is 0.866. The summed E-state index contributed by atoms with van der Waals surface area (Å²) in [6.45, 7) is 6.38. The summed E-state index contributed by atoms with van der Waals surface area (Å²) in [4.78, 5) is 4.54. The number of aromatic nitrogens is 1. The second kappa shape index (κ2) is 6.02. The van der Waals surface area contributed by atoms with Crippen LogP contribution in [0.15, 0.2) is 29.6 Å². The van der Waals surface area contributed by atoms with Crippen molar-refractivity contribution in [3.05, 3.63) is 51.7 Å². The number of halogens is 1. The van der Waals surface area contributed by atoms with Crippen LogP contribution in [0.3, 0.4) is 0 Å². The molecule has 0 bridgehead atoms. The van der Waals surface area contributed by atoms with E-state index in [-0.39, 0.29) is 17.3 Å². The maximum atomic E-state index is 13.1. The van der Waals surface area contributed by atoms with E-state index in [4.69, 9.17) is 0 Å². The fourth-order valence-electron chi connectivity index (χ4n) is 2.51. The molecule has 1 atom stereocenters. The summed E-state index contributed by atoms with van der Waals surface area (Å²) in [7, 11) is 1.97. The smallest absolute Gasteiger partial charge is 0.123 e. The SMILES string of the molecule is CNC(Cc1csc(C)n1)C(C)(C)c1ccc(F)cc1. The number of likely N-dealkylation sites (N-methyl/N-ethyl adjacent to an activating group) is 1. The molecule has 0 spiro atoms. The molecule has 2 aromatic rings. The lowest BCUT2D eigenvalue weighted by molar-refractivity contribution is 0.354. The second-order valence-electron chi connectivity index (χ2n) is 5.63. The Hall–Kier alpha value is -1.26. The minimum absolute atomic E-state index is 0.0973. The van der Waals surface area contributed by atoms with Crippen molar-refractivity contribution >= 4 is 11.3 Å². The van der Waals surface area contributed by atoms with Gasteiger partial charge < -0.3 is 5.32 Å². The van der Waals surface area contributed by atoms with Crippen LogP contribution < -0.4 is 5.32 Å². The first-order chi connectivity index (χ1) is 9.43. The predicted octanol–water partition coefficient (Wildman–Crippen LogP) is 3.70. The molecule has 20 heavy (non-hydrogen) atoms. The van der Waals surface area contributed by atoms with Crippen molar-refractivity contribution in [3.63, 3.8) is 0 Å². The fourth-order valence-corrected chi connectivity index (χ4v) is 3.14. The Labute approximate surface area is 124 Å². The van der Waals surface area contributed by atoms with Crippen molar-refractivity contribution < 1.29 is 4.39 Å². The summed E-state index contributed by atoms with van der Waals surface area (Å²) < 4.78 is 13.1. The average molecular weight is 292 g/mol. The molecule has 2 nitrogen and oxygen atoms in total. The number of hydrogen-bond donors (Lipinski definition) is 1. The first kappa shape index (κ1) is 15.1. The van der Waals surface area contributed by atoms with Crippen LogP contribution in [0.5, 0.6) is 0 Å². The van der Waals surface area contributed by atoms with Crippen LogP contribution in [0.1, 0.15) is 30.1 Å². The van der Waals surface area contributed by atoms with Gasteiger partial charge in [-0.25, -0.2) is 9.37 Å². The third-order valence-corrected chi connectivity index (χ3v) is 4.71. The lowest BCUT2D eigenvalue weighted by Crippen LogP contribution is -2.44. The van der Waals surface area contributed by atoms with E-state index >= 15 is 0 Å². The molecule has 4 heteroatoms. The molecule has 0 aliphatic heterocycles. The third kappa shape index (κ3) is 3.25. The molecule has 1 heterocycles. The highest BCUT2D eigenvalue weighted by molar-refractivity contribution is 7.09. The van der Waals surface area contributed by atoms with Crippen LogP contribution in [0.25, 0.3) is 0 Å². The molecule has 0 aliphatic carbocycles. The highest BCUT2D eigenvalue weighted by atomic mass is 32.1. The van der Waals surface area contributed by atoms with E-state index in [1.54, 1.807) is 11.3 Å². The molecule has 1 aromatic carbocycles. The molecule has 2 rings (SSSR count). The van der Waals surface area contributed by atoms with E-state index in [9.17, 15) is 4.39 Å². The van der Waals surface area contributed by atoms with Crippen LogP contribution in [0.2, 0.25) is 0 Å². The number of benzene rings is 1. The number of rotatable bonds is 5. The zero-order valence-corrected chi connectivity index (χ0v) is 13.2. The van der Waals surface area contributed by atoms with Gasteiger partial charge in [0.15, 0.2) is 0 Å². The predicted molar refractivity (Wildman–Crippen MR) is 82.8 cm³/mol. The van der Waals surface area contributed by atoms with Gasteiger partial charge in [0, 0.05) is 23.3 Å². The van der Waals surface area contributed by atoms with Crippen LogP contribution in [0.4, 0.5) is 4.39 Å². The molecular weight excluding hydrogens is 271 g/mol. The average Bonchev–Trinajstić information content (AvgIpc) is 2.82. The van der Waals surface area contributed by atoms with E-state index < -0.39 is 0 Å². The topological polar surface area (TPSA) is 24.9 Å². The fraction of sp³-hybridized carbons (Fsp3) is 0.438. The van der Waals surface area contributed by atoms with Gasteiger partial charge in [-0.15, -0.1) is 11.3 Å². The summed E-state index contributed by atoms with van der Waals surface area (Å²) in [5.74, 6) is -0.194. The summed E-state index contributed by atoms with van der Waals surface area (Å²) in [5.41, 5.74) is 2.15. The molecule has 0 fully saturated rings. The van der Waals surface area contributed by atoms with Crippen LogP contribution >= 0.6 is 11.3 Å². The van der Waals surface area contributed by atoms with E-state index in [2.05, 4.69) is 29.5 Å². The monoisotopic (exact) mass is 292 g/mol. The number of aryl methyl sites for hydroxylation is 1. The maximum Gasteiger partial charge on any atom is 0.123 e.